The maximum atomic E-state index is 12.7. The van der Waals surface area contributed by atoms with Gasteiger partial charge in [-0.15, -0.1) is 0 Å². The zero-order valence-electron chi connectivity index (χ0n) is 15.8. The van der Waals surface area contributed by atoms with Crippen molar-refractivity contribution in [2.75, 3.05) is 13.1 Å². The van der Waals surface area contributed by atoms with Gasteiger partial charge < -0.3 is 9.09 Å². The Bertz CT molecular complexity index is 1130. The van der Waals surface area contributed by atoms with Gasteiger partial charge in [-0.05, 0) is 30.0 Å². The molecule has 0 amide bonds. The maximum Gasteiger partial charge on any atom is 0.455 e. The molecule has 1 fully saturated rings. The van der Waals surface area contributed by atoms with Gasteiger partial charge in [-0.1, -0.05) is 11.2 Å². The van der Waals surface area contributed by atoms with Gasteiger partial charge in [0.1, 0.15) is 0 Å². The fourth-order valence-electron chi connectivity index (χ4n) is 4.51. The van der Waals surface area contributed by atoms with E-state index < -0.39 is 12.0 Å². The van der Waals surface area contributed by atoms with Crippen molar-refractivity contribution in [1.29, 1.82) is 0 Å². The second-order valence-electron chi connectivity index (χ2n) is 7.86. The molecule has 156 valence electrons. The molecule has 10 heteroatoms. The van der Waals surface area contributed by atoms with E-state index in [4.69, 9.17) is 4.52 Å². The van der Waals surface area contributed by atoms with Gasteiger partial charge in [-0.2, -0.15) is 18.2 Å². The van der Waals surface area contributed by atoms with E-state index >= 15 is 0 Å². The standard InChI is InChI=1S/C20H18F3N5O2/c21-20(22,23)19-25-17(30-26-19)11-27-8-12-4-15(10-27)16-5-14(6-18(29)28(16)9-12)13-2-1-3-24-7-13/h1-3,5-7,12,15H,4,8-11H2/t12-,15+/m0/s1. The highest BCUT2D eigenvalue weighted by atomic mass is 19.4. The van der Waals surface area contributed by atoms with Crippen LogP contribution in [0.1, 0.15) is 29.7 Å². The first-order chi connectivity index (χ1) is 14.4. The number of aromatic nitrogens is 4. The van der Waals surface area contributed by atoms with Gasteiger partial charge >= 0.3 is 6.18 Å². The molecule has 1 saturated heterocycles. The van der Waals surface area contributed by atoms with Crippen LogP contribution in [0.15, 0.2) is 46.0 Å². The van der Waals surface area contributed by atoms with Gasteiger partial charge in [0.05, 0.1) is 6.54 Å². The van der Waals surface area contributed by atoms with Crippen molar-refractivity contribution in [2.45, 2.75) is 31.6 Å². The molecule has 0 radical (unpaired) electrons. The van der Waals surface area contributed by atoms with Crippen LogP contribution >= 0.6 is 0 Å². The van der Waals surface area contributed by atoms with E-state index in [-0.39, 0.29) is 29.8 Å². The zero-order chi connectivity index (χ0) is 20.9. The predicted molar refractivity (Wildman–Crippen MR) is 99.4 cm³/mol. The van der Waals surface area contributed by atoms with Crippen molar-refractivity contribution in [1.82, 2.24) is 24.6 Å². The molecule has 3 aromatic heterocycles. The van der Waals surface area contributed by atoms with Crippen LogP contribution in [0, 0.1) is 5.92 Å². The number of piperidine rings is 1. The largest absolute Gasteiger partial charge is 0.455 e. The van der Waals surface area contributed by atoms with Crippen molar-refractivity contribution in [3.63, 3.8) is 0 Å². The van der Waals surface area contributed by atoms with E-state index in [1.165, 1.54) is 0 Å². The van der Waals surface area contributed by atoms with Crippen LogP contribution in [0.5, 0.6) is 0 Å². The molecule has 3 aromatic rings. The van der Waals surface area contributed by atoms with E-state index in [1.807, 2.05) is 27.7 Å². The maximum absolute atomic E-state index is 12.7. The van der Waals surface area contributed by atoms with E-state index in [0.29, 0.717) is 19.6 Å². The number of halogens is 3. The van der Waals surface area contributed by atoms with Crippen LogP contribution in [0.3, 0.4) is 0 Å². The average Bonchev–Trinajstić information content (AvgIpc) is 3.18. The van der Waals surface area contributed by atoms with Crippen molar-refractivity contribution in [3.8, 4) is 11.1 Å². The molecule has 0 spiro atoms. The lowest BCUT2D eigenvalue weighted by Gasteiger charge is -2.42. The lowest BCUT2D eigenvalue weighted by Crippen LogP contribution is -2.46. The van der Waals surface area contributed by atoms with Crippen LogP contribution in [0.25, 0.3) is 11.1 Å². The Morgan fingerprint density at radius 2 is 2.03 bits per heavy atom. The van der Waals surface area contributed by atoms with Crippen LogP contribution in [-0.4, -0.2) is 37.7 Å². The molecule has 0 N–H and O–H groups in total. The molecule has 0 aromatic carbocycles. The van der Waals surface area contributed by atoms with E-state index in [2.05, 4.69) is 15.1 Å². The zero-order valence-corrected chi connectivity index (χ0v) is 15.8. The summed E-state index contributed by atoms with van der Waals surface area (Å²) in [4.78, 5) is 22.4. The highest BCUT2D eigenvalue weighted by Gasteiger charge is 2.38. The van der Waals surface area contributed by atoms with Crippen molar-refractivity contribution >= 4 is 0 Å². The Labute approximate surface area is 169 Å². The Morgan fingerprint density at radius 3 is 2.77 bits per heavy atom. The number of alkyl halides is 3. The Kier molecular flexibility index (Phi) is 4.46. The van der Waals surface area contributed by atoms with Gasteiger partial charge in [0.25, 0.3) is 11.4 Å². The molecule has 30 heavy (non-hydrogen) atoms. The molecule has 7 nitrogen and oxygen atoms in total. The summed E-state index contributed by atoms with van der Waals surface area (Å²) in [7, 11) is 0. The van der Waals surface area contributed by atoms with Crippen LogP contribution in [0.2, 0.25) is 0 Å². The average molecular weight is 417 g/mol. The second-order valence-corrected chi connectivity index (χ2v) is 7.86. The summed E-state index contributed by atoms with van der Waals surface area (Å²) >= 11 is 0. The number of nitrogens with zero attached hydrogens (tertiary/aromatic N) is 5. The van der Waals surface area contributed by atoms with Crippen molar-refractivity contribution in [2.24, 2.45) is 5.92 Å². The Balaban J connectivity index is 1.40. The first-order valence-electron chi connectivity index (χ1n) is 9.64. The monoisotopic (exact) mass is 417 g/mol. The first-order valence-corrected chi connectivity index (χ1v) is 9.64. The summed E-state index contributed by atoms with van der Waals surface area (Å²) in [5.74, 6) is -0.966. The number of pyridine rings is 2. The van der Waals surface area contributed by atoms with Gasteiger partial charge in [-0.25, -0.2) is 0 Å². The third-order valence-electron chi connectivity index (χ3n) is 5.71. The summed E-state index contributed by atoms with van der Waals surface area (Å²) in [6.07, 6.45) is -0.286. The Hall–Kier alpha value is -3.01. The van der Waals surface area contributed by atoms with E-state index in [0.717, 1.165) is 23.2 Å². The Morgan fingerprint density at radius 1 is 1.17 bits per heavy atom. The topological polar surface area (TPSA) is 77.1 Å². The van der Waals surface area contributed by atoms with Crippen LogP contribution < -0.4 is 5.56 Å². The minimum Gasteiger partial charge on any atom is -0.338 e. The normalized spacial score (nSPS) is 21.4. The molecule has 5 rings (SSSR count). The molecular weight excluding hydrogens is 399 g/mol. The van der Waals surface area contributed by atoms with Crippen LogP contribution in [-0.2, 0) is 19.3 Å². The molecule has 2 bridgehead atoms. The SMILES string of the molecule is O=c1cc(-c2cccnc2)cc2n1C[C@H]1C[C@@H]2CN(Cc2nc(C(F)(F)F)no2)C1. The lowest BCUT2D eigenvalue weighted by molar-refractivity contribution is -0.146. The third kappa shape index (κ3) is 3.51. The molecule has 0 saturated carbocycles. The quantitative estimate of drug-likeness (QED) is 0.652. The minimum absolute atomic E-state index is 0.0405. The van der Waals surface area contributed by atoms with E-state index in [1.54, 1.807) is 18.5 Å². The summed E-state index contributed by atoms with van der Waals surface area (Å²) in [6, 6.07) is 7.39. The molecular formula is C20H18F3N5O2. The summed E-state index contributed by atoms with van der Waals surface area (Å²) in [5, 5.41) is 3.03. The number of fused-ring (bicyclic) bond motifs is 4. The summed E-state index contributed by atoms with van der Waals surface area (Å²) in [6.45, 7) is 2.02. The predicted octanol–water partition coefficient (Wildman–Crippen LogP) is 2.93. The number of hydrogen-bond acceptors (Lipinski definition) is 6. The molecule has 0 aliphatic carbocycles. The van der Waals surface area contributed by atoms with Gasteiger partial charge in [0.15, 0.2) is 0 Å². The number of rotatable bonds is 3. The number of likely N-dealkylation sites (tertiary alicyclic amines) is 1. The van der Waals surface area contributed by atoms with Gasteiger partial charge in [0.2, 0.25) is 5.89 Å². The molecule has 0 unspecified atom stereocenters. The van der Waals surface area contributed by atoms with Crippen molar-refractivity contribution in [3.05, 3.63) is 64.4 Å². The van der Waals surface area contributed by atoms with Gasteiger partial charge in [0, 0.05) is 55.3 Å². The second kappa shape index (κ2) is 7.05. The fraction of sp³-hybridized carbons (Fsp3) is 0.400. The number of hydrogen-bond donors (Lipinski definition) is 0. The van der Waals surface area contributed by atoms with Gasteiger partial charge in [-0.3, -0.25) is 14.7 Å². The van der Waals surface area contributed by atoms with E-state index in [9.17, 15) is 18.0 Å². The molecule has 2 atom stereocenters. The summed E-state index contributed by atoms with van der Waals surface area (Å²) in [5.41, 5.74) is 2.60. The highest BCUT2D eigenvalue weighted by molar-refractivity contribution is 5.62. The lowest BCUT2D eigenvalue weighted by atomic mass is 9.82. The van der Waals surface area contributed by atoms with Crippen molar-refractivity contribution < 1.29 is 17.7 Å². The first kappa shape index (κ1) is 19.0. The summed E-state index contributed by atoms with van der Waals surface area (Å²) < 4.78 is 44.8. The highest BCUT2D eigenvalue weighted by Crippen LogP contribution is 2.37. The fourth-order valence-corrected chi connectivity index (χ4v) is 4.51. The van der Waals surface area contributed by atoms with Crippen LogP contribution in [0.4, 0.5) is 13.2 Å². The molecule has 2 aliphatic heterocycles. The minimum atomic E-state index is -4.62. The molecule has 5 heterocycles. The smallest absolute Gasteiger partial charge is 0.338 e. The molecule has 2 aliphatic rings. The third-order valence-corrected chi connectivity index (χ3v) is 5.71.